The SMILES string of the molecule is Cc1cc(SCc2ccc([N+](=O)[O-])cc2)nc(N)n1. The Bertz CT molecular complexity index is 581. The highest BCUT2D eigenvalue weighted by Gasteiger charge is 2.05. The highest BCUT2D eigenvalue weighted by molar-refractivity contribution is 7.98. The zero-order valence-corrected chi connectivity index (χ0v) is 11.1. The second-order valence-electron chi connectivity index (χ2n) is 3.92. The highest BCUT2D eigenvalue weighted by atomic mass is 32.2. The molecule has 1 aromatic heterocycles. The summed E-state index contributed by atoms with van der Waals surface area (Å²) in [5.74, 6) is 0.930. The zero-order valence-electron chi connectivity index (χ0n) is 10.2. The summed E-state index contributed by atoms with van der Waals surface area (Å²) in [6, 6.07) is 8.32. The van der Waals surface area contributed by atoms with Gasteiger partial charge in [0.1, 0.15) is 5.03 Å². The molecule has 0 saturated heterocycles. The van der Waals surface area contributed by atoms with Crippen molar-refractivity contribution in [2.45, 2.75) is 17.7 Å². The number of aromatic nitrogens is 2. The third-order valence-electron chi connectivity index (χ3n) is 2.38. The molecule has 2 N–H and O–H groups in total. The summed E-state index contributed by atoms with van der Waals surface area (Å²) in [5.41, 5.74) is 7.47. The minimum atomic E-state index is -0.411. The Morgan fingerprint density at radius 1 is 1.32 bits per heavy atom. The average Bonchev–Trinajstić information content (AvgIpc) is 2.36. The lowest BCUT2D eigenvalue weighted by Crippen LogP contribution is -1.97. The number of nitrogen functional groups attached to an aromatic ring is 1. The maximum absolute atomic E-state index is 10.5. The summed E-state index contributed by atoms with van der Waals surface area (Å²) in [5, 5.41) is 11.3. The van der Waals surface area contributed by atoms with Crippen LogP contribution >= 0.6 is 11.8 Å². The molecule has 1 aromatic carbocycles. The number of hydrogen-bond donors (Lipinski definition) is 1. The number of hydrogen-bond acceptors (Lipinski definition) is 6. The number of aryl methyl sites for hydroxylation is 1. The zero-order chi connectivity index (χ0) is 13.8. The summed E-state index contributed by atoms with van der Waals surface area (Å²) in [4.78, 5) is 18.2. The number of anilines is 1. The largest absolute Gasteiger partial charge is 0.368 e. The van der Waals surface area contributed by atoms with Gasteiger partial charge in [-0.05, 0) is 18.6 Å². The predicted octanol–water partition coefficient (Wildman–Crippen LogP) is 2.57. The van der Waals surface area contributed by atoms with Crippen molar-refractivity contribution in [2.24, 2.45) is 0 Å². The van der Waals surface area contributed by atoms with Crippen LogP contribution in [0, 0.1) is 17.0 Å². The monoisotopic (exact) mass is 276 g/mol. The van der Waals surface area contributed by atoms with Gasteiger partial charge in [-0.15, -0.1) is 11.8 Å². The van der Waals surface area contributed by atoms with Crippen molar-refractivity contribution in [3.63, 3.8) is 0 Å². The van der Waals surface area contributed by atoms with Crippen molar-refractivity contribution in [1.82, 2.24) is 9.97 Å². The second kappa shape index (κ2) is 5.66. The van der Waals surface area contributed by atoms with Gasteiger partial charge in [-0.2, -0.15) is 0 Å². The average molecular weight is 276 g/mol. The topological polar surface area (TPSA) is 94.9 Å². The summed E-state index contributed by atoms with van der Waals surface area (Å²) in [7, 11) is 0. The van der Waals surface area contributed by atoms with E-state index >= 15 is 0 Å². The van der Waals surface area contributed by atoms with E-state index in [2.05, 4.69) is 9.97 Å². The van der Waals surface area contributed by atoms with Crippen LogP contribution in [0.4, 0.5) is 11.6 Å². The first-order chi connectivity index (χ1) is 9.04. The van der Waals surface area contributed by atoms with Crippen molar-refractivity contribution < 1.29 is 4.92 Å². The van der Waals surface area contributed by atoms with E-state index in [9.17, 15) is 10.1 Å². The highest BCUT2D eigenvalue weighted by Crippen LogP contribution is 2.23. The maximum Gasteiger partial charge on any atom is 0.269 e. The molecule has 7 heteroatoms. The van der Waals surface area contributed by atoms with Gasteiger partial charge in [0.15, 0.2) is 0 Å². The van der Waals surface area contributed by atoms with Crippen molar-refractivity contribution in [1.29, 1.82) is 0 Å². The number of rotatable bonds is 4. The molecule has 0 aliphatic rings. The molecule has 2 aromatic rings. The van der Waals surface area contributed by atoms with Gasteiger partial charge in [-0.25, -0.2) is 9.97 Å². The fourth-order valence-electron chi connectivity index (χ4n) is 1.51. The third kappa shape index (κ3) is 3.65. The molecule has 0 amide bonds. The lowest BCUT2D eigenvalue weighted by atomic mass is 10.2. The van der Waals surface area contributed by atoms with E-state index in [1.165, 1.54) is 23.9 Å². The number of non-ortho nitro benzene ring substituents is 1. The molecule has 0 aliphatic heterocycles. The number of nitrogens with two attached hydrogens (primary N) is 1. The van der Waals surface area contributed by atoms with Crippen LogP contribution in [0.3, 0.4) is 0 Å². The number of nitro groups is 1. The number of benzene rings is 1. The Labute approximate surface area is 114 Å². The summed E-state index contributed by atoms with van der Waals surface area (Å²) in [6.07, 6.45) is 0. The van der Waals surface area contributed by atoms with Gasteiger partial charge in [0.25, 0.3) is 5.69 Å². The van der Waals surface area contributed by atoms with Gasteiger partial charge in [0.05, 0.1) is 4.92 Å². The molecule has 6 nitrogen and oxygen atoms in total. The Hall–Kier alpha value is -2.15. The van der Waals surface area contributed by atoms with Gasteiger partial charge < -0.3 is 5.73 Å². The fourth-order valence-corrected chi connectivity index (χ4v) is 2.43. The Kier molecular flexibility index (Phi) is 3.96. The summed E-state index contributed by atoms with van der Waals surface area (Å²) < 4.78 is 0. The molecule has 0 bridgehead atoms. The molecule has 19 heavy (non-hydrogen) atoms. The first-order valence-corrected chi connectivity index (χ1v) is 6.50. The van der Waals surface area contributed by atoms with Crippen LogP contribution < -0.4 is 5.73 Å². The second-order valence-corrected chi connectivity index (χ2v) is 4.91. The maximum atomic E-state index is 10.5. The lowest BCUT2D eigenvalue weighted by Gasteiger charge is -2.03. The molecular formula is C12H12N4O2S. The third-order valence-corrected chi connectivity index (χ3v) is 3.36. The quantitative estimate of drug-likeness (QED) is 0.399. The van der Waals surface area contributed by atoms with Gasteiger partial charge in [-0.3, -0.25) is 10.1 Å². The van der Waals surface area contributed by atoms with E-state index in [-0.39, 0.29) is 11.6 Å². The smallest absolute Gasteiger partial charge is 0.269 e. The van der Waals surface area contributed by atoms with Crippen molar-refractivity contribution in [3.8, 4) is 0 Å². The predicted molar refractivity (Wildman–Crippen MR) is 73.8 cm³/mol. The molecule has 1 heterocycles. The van der Waals surface area contributed by atoms with Crippen LogP contribution in [0.15, 0.2) is 35.4 Å². The van der Waals surface area contributed by atoms with E-state index in [1.807, 2.05) is 13.0 Å². The van der Waals surface area contributed by atoms with Crippen LogP contribution in [-0.4, -0.2) is 14.9 Å². The Morgan fingerprint density at radius 2 is 2.00 bits per heavy atom. The van der Waals surface area contributed by atoms with Crippen LogP contribution in [0.1, 0.15) is 11.3 Å². The van der Waals surface area contributed by atoms with Gasteiger partial charge >= 0.3 is 0 Å². The minimum absolute atomic E-state index is 0.0934. The first kappa shape index (κ1) is 13.3. The minimum Gasteiger partial charge on any atom is -0.368 e. The van der Waals surface area contributed by atoms with E-state index in [1.54, 1.807) is 12.1 Å². The van der Waals surface area contributed by atoms with Crippen molar-refractivity contribution in [2.75, 3.05) is 5.73 Å². The number of thioether (sulfide) groups is 1. The van der Waals surface area contributed by atoms with E-state index < -0.39 is 4.92 Å². The van der Waals surface area contributed by atoms with Crippen LogP contribution in [0.25, 0.3) is 0 Å². The number of nitro benzene ring substituents is 1. The molecule has 0 saturated carbocycles. The van der Waals surface area contributed by atoms with Gasteiger partial charge in [0, 0.05) is 23.6 Å². The number of nitrogens with zero attached hydrogens (tertiary/aromatic N) is 3. The Morgan fingerprint density at radius 3 is 2.58 bits per heavy atom. The first-order valence-electron chi connectivity index (χ1n) is 5.52. The van der Waals surface area contributed by atoms with Crippen LogP contribution in [0.5, 0.6) is 0 Å². The normalized spacial score (nSPS) is 10.4. The summed E-state index contributed by atoms with van der Waals surface area (Å²) in [6.45, 7) is 1.86. The molecule has 0 radical (unpaired) electrons. The molecule has 0 spiro atoms. The van der Waals surface area contributed by atoms with Gasteiger partial charge in [-0.1, -0.05) is 12.1 Å². The standard InChI is InChI=1S/C12H12N4O2S/c1-8-6-11(15-12(13)14-8)19-7-9-2-4-10(5-3-9)16(17)18/h2-6H,7H2,1H3,(H2,13,14,15). The van der Waals surface area contributed by atoms with Crippen molar-refractivity contribution >= 4 is 23.4 Å². The molecule has 98 valence electrons. The fraction of sp³-hybridized carbons (Fsp3) is 0.167. The molecule has 2 rings (SSSR count). The van der Waals surface area contributed by atoms with E-state index in [0.29, 0.717) is 5.75 Å². The van der Waals surface area contributed by atoms with Crippen molar-refractivity contribution in [3.05, 3.63) is 51.7 Å². The van der Waals surface area contributed by atoms with Crippen LogP contribution in [0.2, 0.25) is 0 Å². The molecule has 0 fully saturated rings. The van der Waals surface area contributed by atoms with E-state index in [0.717, 1.165) is 16.3 Å². The molecular weight excluding hydrogens is 264 g/mol. The lowest BCUT2D eigenvalue weighted by molar-refractivity contribution is -0.384. The molecule has 0 aliphatic carbocycles. The van der Waals surface area contributed by atoms with Gasteiger partial charge in [0.2, 0.25) is 5.95 Å². The summed E-state index contributed by atoms with van der Waals surface area (Å²) >= 11 is 1.52. The molecule has 0 unspecified atom stereocenters. The van der Waals surface area contributed by atoms with Crippen LogP contribution in [-0.2, 0) is 5.75 Å². The van der Waals surface area contributed by atoms with E-state index in [4.69, 9.17) is 5.73 Å². The Balaban J connectivity index is 2.03. The molecule has 0 atom stereocenters.